The van der Waals surface area contributed by atoms with E-state index in [1.807, 2.05) is 0 Å². The van der Waals surface area contributed by atoms with Crippen molar-refractivity contribution < 1.29 is 9.13 Å². The second-order valence-corrected chi connectivity index (χ2v) is 9.61. The molecule has 3 heterocycles. The summed E-state index contributed by atoms with van der Waals surface area (Å²) in [4.78, 5) is 13.4. The molecule has 2 fully saturated rings. The smallest absolute Gasteiger partial charge is 0.287 e. The van der Waals surface area contributed by atoms with E-state index in [4.69, 9.17) is 16.3 Å². The minimum atomic E-state index is -0.364. The highest BCUT2D eigenvalue weighted by atomic mass is 35.5. The van der Waals surface area contributed by atoms with Crippen LogP contribution in [-0.4, -0.2) is 46.9 Å². The van der Waals surface area contributed by atoms with Crippen molar-refractivity contribution in [1.29, 1.82) is 5.26 Å². The number of hydrogen-bond donors (Lipinski definition) is 1. The molecule has 2 aliphatic heterocycles. The van der Waals surface area contributed by atoms with E-state index in [0.29, 0.717) is 54.5 Å². The second kappa shape index (κ2) is 10.7. The third-order valence-electron chi connectivity index (χ3n) is 5.84. The van der Waals surface area contributed by atoms with Gasteiger partial charge >= 0.3 is 0 Å². The normalized spacial score (nSPS) is 20.1. The van der Waals surface area contributed by atoms with E-state index < -0.39 is 0 Å². The predicted octanol–water partition coefficient (Wildman–Crippen LogP) is 4.09. The maximum absolute atomic E-state index is 13.6. The molecule has 0 amide bonds. The van der Waals surface area contributed by atoms with Crippen molar-refractivity contribution in [2.45, 2.75) is 36.6 Å². The fourth-order valence-electron chi connectivity index (χ4n) is 4.03. The molecule has 0 bridgehead atoms. The third kappa shape index (κ3) is 5.44. The summed E-state index contributed by atoms with van der Waals surface area (Å²) in [5.41, 5.74) is 0.715. The summed E-state index contributed by atoms with van der Waals surface area (Å²) >= 11 is 7.75. The van der Waals surface area contributed by atoms with Crippen LogP contribution in [0.1, 0.15) is 37.3 Å². The number of aromatic nitrogens is 2. The van der Waals surface area contributed by atoms with Gasteiger partial charge in [-0.05, 0) is 61.7 Å². The lowest BCUT2D eigenvalue weighted by molar-refractivity contribution is 0.0595. The van der Waals surface area contributed by atoms with E-state index in [-0.39, 0.29) is 22.4 Å². The van der Waals surface area contributed by atoms with E-state index in [2.05, 4.69) is 20.8 Å². The molecule has 0 aliphatic carbocycles. The standard InChI is InChI=1S/C22H25ClFN5O2S/c23-21-19(26-12-15-2-1-9-31-14-15)13-27-29(22(21)30)18-5-7-28(8-6-18)32-20-10-17(24)4-3-16(20)11-25/h3-4,10,13,15,18,26H,1-2,5-9,12,14H2. The first-order valence-electron chi connectivity index (χ1n) is 10.8. The van der Waals surface area contributed by atoms with Gasteiger partial charge in [-0.1, -0.05) is 11.6 Å². The number of rotatable bonds is 6. The fraction of sp³-hybridized carbons (Fsp3) is 0.500. The van der Waals surface area contributed by atoms with Gasteiger partial charge in [0, 0.05) is 31.1 Å². The summed E-state index contributed by atoms with van der Waals surface area (Å²) in [6, 6.07) is 6.21. The van der Waals surface area contributed by atoms with Gasteiger partial charge in [-0.15, -0.1) is 0 Å². The second-order valence-electron chi connectivity index (χ2n) is 8.09. The number of anilines is 1. The van der Waals surface area contributed by atoms with Gasteiger partial charge in [-0.25, -0.2) is 13.4 Å². The van der Waals surface area contributed by atoms with Gasteiger partial charge < -0.3 is 10.1 Å². The average Bonchev–Trinajstić information content (AvgIpc) is 2.82. The van der Waals surface area contributed by atoms with Crippen LogP contribution in [0.15, 0.2) is 34.1 Å². The molecule has 10 heteroatoms. The Morgan fingerprint density at radius 3 is 2.88 bits per heavy atom. The average molecular weight is 478 g/mol. The zero-order chi connectivity index (χ0) is 22.5. The maximum Gasteiger partial charge on any atom is 0.287 e. The molecule has 0 radical (unpaired) electrons. The van der Waals surface area contributed by atoms with Crippen LogP contribution in [0.5, 0.6) is 0 Å². The molecule has 4 rings (SSSR count). The zero-order valence-corrected chi connectivity index (χ0v) is 19.2. The maximum atomic E-state index is 13.6. The number of benzene rings is 1. The molecule has 1 N–H and O–H groups in total. The molecule has 1 atom stereocenters. The van der Waals surface area contributed by atoms with Crippen molar-refractivity contribution in [2.24, 2.45) is 5.92 Å². The van der Waals surface area contributed by atoms with E-state index >= 15 is 0 Å². The molecule has 0 saturated carbocycles. The van der Waals surface area contributed by atoms with Gasteiger partial charge in [0.15, 0.2) is 0 Å². The quantitative estimate of drug-likeness (QED) is 0.627. The molecule has 1 aromatic heterocycles. The van der Waals surface area contributed by atoms with Gasteiger partial charge in [0.1, 0.15) is 16.9 Å². The minimum Gasteiger partial charge on any atom is -0.382 e. The minimum absolute atomic E-state index is 0.0550. The van der Waals surface area contributed by atoms with Crippen molar-refractivity contribution in [3.63, 3.8) is 0 Å². The number of nitrogens with zero attached hydrogens (tertiary/aromatic N) is 4. The largest absolute Gasteiger partial charge is 0.382 e. The van der Waals surface area contributed by atoms with Crippen LogP contribution in [-0.2, 0) is 4.74 Å². The summed E-state index contributed by atoms with van der Waals surface area (Å²) in [6.45, 7) is 3.60. The highest BCUT2D eigenvalue weighted by Crippen LogP contribution is 2.32. The SMILES string of the molecule is N#Cc1ccc(F)cc1SN1CCC(n2ncc(NCC3CCCOC3)c(Cl)c2=O)CC1. The summed E-state index contributed by atoms with van der Waals surface area (Å²) < 4.78 is 22.6. The van der Waals surface area contributed by atoms with Crippen molar-refractivity contribution >= 4 is 29.2 Å². The lowest BCUT2D eigenvalue weighted by atomic mass is 10.0. The van der Waals surface area contributed by atoms with Crippen LogP contribution < -0.4 is 10.9 Å². The fourth-order valence-corrected chi connectivity index (χ4v) is 5.28. The monoisotopic (exact) mass is 477 g/mol. The summed E-state index contributed by atoms with van der Waals surface area (Å²) in [6.07, 6.45) is 5.19. The third-order valence-corrected chi connectivity index (χ3v) is 7.36. The molecule has 170 valence electrons. The van der Waals surface area contributed by atoms with Gasteiger partial charge in [0.05, 0.1) is 30.1 Å². The zero-order valence-electron chi connectivity index (χ0n) is 17.6. The predicted molar refractivity (Wildman–Crippen MR) is 122 cm³/mol. The van der Waals surface area contributed by atoms with Crippen LogP contribution in [0.25, 0.3) is 0 Å². The summed E-state index contributed by atoms with van der Waals surface area (Å²) in [7, 11) is 0. The van der Waals surface area contributed by atoms with Crippen molar-refractivity contribution in [3.05, 3.63) is 51.2 Å². The van der Waals surface area contributed by atoms with Crippen LogP contribution in [0.2, 0.25) is 5.02 Å². The molecule has 2 aliphatic rings. The molecular formula is C22H25ClFN5O2S. The van der Waals surface area contributed by atoms with Crippen LogP contribution in [0.4, 0.5) is 10.1 Å². The highest BCUT2D eigenvalue weighted by molar-refractivity contribution is 7.97. The number of nitriles is 1. The van der Waals surface area contributed by atoms with Crippen molar-refractivity contribution in [3.8, 4) is 6.07 Å². The molecular weight excluding hydrogens is 453 g/mol. The molecule has 2 aromatic rings. The number of halogens is 2. The van der Waals surface area contributed by atoms with Crippen molar-refractivity contribution in [1.82, 2.24) is 14.1 Å². The Bertz CT molecular complexity index is 1050. The van der Waals surface area contributed by atoms with E-state index in [9.17, 15) is 14.4 Å². The summed E-state index contributed by atoms with van der Waals surface area (Å²) in [5, 5.41) is 17.0. The van der Waals surface area contributed by atoms with Crippen LogP contribution in [0, 0.1) is 23.1 Å². The van der Waals surface area contributed by atoms with Gasteiger partial charge in [-0.2, -0.15) is 10.4 Å². The first-order valence-corrected chi connectivity index (χ1v) is 11.9. The lowest BCUT2D eigenvalue weighted by Crippen LogP contribution is -2.36. The Kier molecular flexibility index (Phi) is 7.68. The van der Waals surface area contributed by atoms with Crippen LogP contribution >= 0.6 is 23.5 Å². The molecule has 32 heavy (non-hydrogen) atoms. The first kappa shape index (κ1) is 23.1. The molecule has 7 nitrogen and oxygen atoms in total. The molecule has 0 spiro atoms. The van der Waals surface area contributed by atoms with Crippen molar-refractivity contribution in [2.75, 3.05) is 38.2 Å². The number of hydrogen-bond acceptors (Lipinski definition) is 7. The molecule has 1 aromatic carbocycles. The van der Waals surface area contributed by atoms with Gasteiger partial charge in [0.25, 0.3) is 5.56 Å². The number of nitrogens with one attached hydrogen (secondary N) is 1. The van der Waals surface area contributed by atoms with E-state index in [1.54, 1.807) is 6.20 Å². The van der Waals surface area contributed by atoms with Gasteiger partial charge in [0.2, 0.25) is 0 Å². The van der Waals surface area contributed by atoms with Gasteiger partial charge in [-0.3, -0.25) is 4.79 Å². The Morgan fingerprint density at radius 1 is 1.34 bits per heavy atom. The Hall–Kier alpha value is -2.12. The Balaban J connectivity index is 1.36. The summed E-state index contributed by atoms with van der Waals surface area (Å²) in [5.74, 6) is 0.0419. The Labute approximate surface area is 195 Å². The molecule has 1 unspecified atom stereocenters. The first-order chi connectivity index (χ1) is 15.5. The number of piperidine rings is 1. The lowest BCUT2D eigenvalue weighted by Gasteiger charge is -2.31. The van der Waals surface area contributed by atoms with Crippen LogP contribution in [0.3, 0.4) is 0 Å². The highest BCUT2D eigenvalue weighted by Gasteiger charge is 2.25. The van der Waals surface area contributed by atoms with E-state index in [0.717, 1.165) is 26.1 Å². The number of ether oxygens (including phenoxy) is 1. The topological polar surface area (TPSA) is 83.2 Å². The Morgan fingerprint density at radius 2 is 2.16 bits per heavy atom. The molecule has 2 saturated heterocycles. The van der Waals surface area contributed by atoms with E-state index in [1.165, 1.54) is 34.8 Å².